The van der Waals surface area contributed by atoms with Gasteiger partial charge in [0.15, 0.2) is 0 Å². The molecule has 1 unspecified atom stereocenters. The van der Waals surface area contributed by atoms with Gasteiger partial charge in [-0.25, -0.2) is 9.59 Å². The van der Waals surface area contributed by atoms with Crippen LogP contribution in [-0.4, -0.2) is 72.1 Å². The Labute approximate surface area is 229 Å². The molecule has 1 fully saturated rings. The first-order valence-electron chi connectivity index (χ1n) is 12.7. The highest BCUT2D eigenvalue weighted by atomic mass is 19.4. The molecule has 2 heterocycles. The molecule has 2 aromatic carbocycles. The number of halogens is 3. The Balaban J connectivity index is 1.48. The van der Waals surface area contributed by atoms with Crippen molar-refractivity contribution in [2.24, 2.45) is 10.3 Å². The number of rotatable bonds is 7. The van der Waals surface area contributed by atoms with Crippen LogP contribution >= 0.6 is 0 Å². The molecule has 1 saturated heterocycles. The molecule has 40 heavy (non-hydrogen) atoms. The Morgan fingerprint density at radius 3 is 2.52 bits per heavy atom. The van der Waals surface area contributed by atoms with Gasteiger partial charge >= 0.3 is 18.5 Å². The molecule has 3 amide bonds. The van der Waals surface area contributed by atoms with E-state index in [1.54, 1.807) is 9.80 Å². The summed E-state index contributed by atoms with van der Waals surface area (Å²) >= 11 is 0. The van der Waals surface area contributed by atoms with E-state index >= 15 is 0 Å². The van der Waals surface area contributed by atoms with Crippen molar-refractivity contribution in [3.63, 3.8) is 0 Å². The lowest BCUT2D eigenvalue weighted by molar-refractivity contribution is -0.274. The van der Waals surface area contributed by atoms with E-state index in [0.29, 0.717) is 30.4 Å². The summed E-state index contributed by atoms with van der Waals surface area (Å²) in [7, 11) is 0. The first-order chi connectivity index (χ1) is 19.2. The lowest BCUT2D eigenvalue weighted by Crippen LogP contribution is -2.59. The number of nitrogens with zero attached hydrogens (tertiary/aromatic N) is 5. The summed E-state index contributed by atoms with van der Waals surface area (Å²) in [5.41, 5.74) is 2.16. The molecule has 0 radical (unpaired) electrons. The van der Waals surface area contributed by atoms with Crippen LogP contribution in [0.4, 0.5) is 22.8 Å². The van der Waals surface area contributed by atoms with Crippen molar-refractivity contribution >= 4 is 17.7 Å². The fourth-order valence-electron chi connectivity index (χ4n) is 4.41. The maximum absolute atomic E-state index is 13.6. The average Bonchev–Trinajstić information content (AvgIpc) is 2.95. The number of carbonyl (C=O) groups excluding carboxylic acids is 2. The fourth-order valence-corrected chi connectivity index (χ4v) is 4.41. The van der Waals surface area contributed by atoms with E-state index in [0.717, 1.165) is 10.6 Å². The molecule has 2 aliphatic rings. The van der Waals surface area contributed by atoms with Crippen LogP contribution in [-0.2, 0) is 11.2 Å². The second-order valence-electron chi connectivity index (χ2n) is 9.15. The van der Waals surface area contributed by atoms with Crippen LogP contribution in [0.2, 0.25) is 0 Å². The predicted octanol–water partition coefficient (Wildman–Crippen LogP) is 5.51. The number of ether oxygens (including phenoxy) is 2. The van der Waals surface area contributed by atoms with Crippen LogP contribution in [0.5, 0.6) is 5.75 Å². The summed E-state index contributed by atoms with van der Waals surface area (Å²) in [6.45, 7) is 1.14. The third-order valence-electron chi connectivity index (χ3n) is 6.33. The second kappa shape index (κ2) is 13.0. The van der Waals surface area contributed by atoms with Crippen molar-refractivity contribution in [3.05, 3.63) is 71.9 Å². The molecule has 2 aromatic rings. The van der Waals surface area contributed by atoms with Gasteiger partial charge in [-0.05, 0) is 36.1 Å². The zero-order chi connectivity index (χ0) is 28.5. The number of hydrogen-bond donors (Lipinski definition) is 0. The summed E-state index contributed by atoms with van der Waals surface area (Å²) in [4.78, 5) is 29.5. The normalized spacial score (nSPS) is 17.2. The Bertz CT molecular complexity index is 1280. The van der Waals surface area contributed by atoms with Crippen molar-refractivity contribution in [1.29, 1.82) is 0 Å². The number of piperazine rings is 1. The standard InChI is InChI=1S/C28H28F3N5O4/c1-2-3-7-16-39-27(38)34-14-15-35(24(20-34)17-21-8-5-4-6-9-21)26(37)36-19-23(18-32-33-36)22-10-12-25(13-11-22)40-28(29,30)31/h1,4-6,8-13,19,24H,3,7,14-18,20H2. The molecule has 1 atom stereocenters. The van der Waals surface area contributed by atoms with E-state index in [1.807, 2.05) is 30.3 Å². The summed E-state index contributed by atoms with van der Waals surface area (Å²) in [5.74, 6) is 2.16. The van der Waals surface area contributed by atoms with E-state index in [9.17, 15) is 22.8 Å². The van der Waals surface area contributed by atoms with Gasteiger partial charge in [-0.1, -0.05) is 47.7 Å². The summed E-state index contributed by atoms with van der Waals surface area (Å²) in [5, 5.41) is 9.15. The molecule has 0 aliphatic carbocycles. The number of urea groups is 1. The van der Waals surface area contributed by atoms with Gasteiger partial charge in [0.25, 0.3) is 0 Å². The van der Waals surface area contributed by atoms with Crippen LogP contribution in [0.1, 0.15) is 24.0 Å². The van der Waals surface area contributed by atoms with Gasteiger partial charge in [-0.3, -0.25) is 0 Å². The van der Waals surface area contributed by atoms with Crippen LogP contribution in [0, 0.1) is 12.3 Å². The van der Waals surface area contributed by atoms with E-state index in [-0.39, 0.29) is 44.6 Å². The van der Waals surface area contributed by atoms with Gasteiger partial charge in [0.2, 0.25) is 0 Å². The van der Waals surface area contributed by atoms with Crippen LogP contribution in [0.3, 0.4) is 0 Å². The molecule has 210 valence electrons. The lowest BCUT2D eigenvalue weighted by Gasteiger charge is -2.41. The molecular weight excluding hydrogens is 527 g/mol. The van der Waals surface area contributed by atoms with Crippen molar-refractivity contribution in [2.75, 3.05) is 32.8 Å². The zero-order valence-corrected chi connectivity index (χ0v) is 21.6. The molecule has 12 heteroatoms. The van der Waals surface area contributed by atoms with Crippen molar-refractivity contribution < 1.29 is 32.2 Å². The Morgan fingerprint density at radius 1 is 1.07 bits per heavy atom. The second-order valence-corrected chi connectivity index (χ2v) is 9.15. The highest BCUT2D eigenvalue weighted by molar-refractivity contribution is 5.79. The van der Waals surface area contributed by atoms with Crippen molar-refractivity contribution in [2.45, 2.75) is 31.7 Å². The molecule has 9 nitrogen and oxygen atoms in total. The Morgan fingerprint density at radius 2 is 1.82 bits per heavy atom. The first kappa shape index (κ1) is 28.5. The molecular formula is C28H28F3N5O4. The summed E-state index contributed by atoms with van der Waals surface area (Å²) in [6.07, 6.45) is 3.09. The Kier molecular flexibility index (Phi) is 9.27. The third-order valence-corrected chi connectivity index (χ3v) is 6.33. The van der Waals surface area contributed by atoms with Gasteiger partial charge in [-0.2, -0.15) is 10.1 Å². The molecule has 0 N–H and O–H groups in total. The fraction of sp³-hybridized carbons (Fsp3) is 0.357. The maximum atomic E-state index is 13.6. The molecule has 0 bridgehead atoms. The van der Waals surface area contributed by atoms with Crippen LogP contribution < -0.4 is 4.74 Å². The van der Waals surface area contributed by atoms with Crippen LogP contribution in [0.15, 0.2) is 71.1 Å². The van der Waals surface area contributed by atoms with E-state index < -0.39 is 18.5 Å². The van der Waals surface area contributed by atoms with Crippen LogP contribution in [0.25, 0.3) is 5.57 Å². The quantitative estimate of drug-likeness (QED) is 0.333. The number of amides is 3. The molecule has 0 saturated carbocycles. The molecule has 0 spiro atoms. The number of carbonyl (C=O) groups is 2. The largest absolute Gasteiger partial charge is 0.573 e. The van der Waals surface area contributed by atoms with Crippen molar-refractivity contribution in [3.8, 4) is 18.1 Å². The lowest BCUT2D eigenvalue weighted by atomic mass is 10.0. The highest BCUT2D eigenvalue weighted by Crippen LogP contribution is 2.27. The smallest absolute Gasteiger partial charge is 0.449 e. The minimum absolute atomic E-state index is 0.149. The van der Waals surface area contributed by atoms with Crippen molar-refractivity contribution in [1.82, 2.24) is 14.8 Å². The topological polar surface area (TPSA) is 87.0 Å². The number of terminal acetylenes is 1. The monoisotopic (exact) mass is 555 g/mol. The van der Waals surface area contributed by atoms with Gasteiger partial charge < -0.3 is 19.3 Å². The number of benzene rings is 2. The Hall–Kier alpha value is -4.53. The van der Waals surface area contributed by atoms with E-state index in [4.69, 9.17) is 11.2 Å². The predicted molar refractivity (Wildman–Crippen MR) is 140 cm³/mol. The molecule has 0 aromatic heterocycles. The SMILES string of the molecule is C#CCCCOC(=O)N1CCN(C(=O)N2C=C(c3ccc(OC(F)(F)F)cc3)CN=N2)C(Cc2ccccc2)C1. The summed E-state index contributed by atoms with van der Waals surface area (Å²) < 4.78 is 46.7. The minimum Gasteiger partial charge on any atom is -0.449 e. The average molecular weight is 556 g/mol. The molecule has 2 aliphatic heterocycles. The third kappa shape index (κ3) is 7.75. The van der Waals surface area contributed by atoms with Gasteiger partial charge in [0, 0.05) is 37.8 Å². The maximum Gasteiger partial charge on any atom is 0.573 e. The van der Waals surface area contributed by atoms with Gasteiger partial charge in [0.1, 0.15) is 5.75 Å². The minimum atomic E-state index is -4.79. The highest BCUT2D eigenvalue weighted by Gasteiger charge is 2.36. The van der Waals surface area contributed by atoms with E-state index in [1.165, 1.54) is 30.5 Å². The summed E-state index contributed by atoms with van der Waals surface area (Å²) in [6, 6.07) is 14.1. The van der Waals surface area contributed by atoms with Gasteiger partial charge in [0.05, 0.1) is 19.2 Å². The number of hydrogen-bond acceptors (Lipinski definition) is 6. The number of unbranched alkanes of at least 4 members (excludes halogenated alkanes) is 1. The zero-order valence-electron chi connectivity index (χ0n) is 21.6. The van der Waals surface area contributed by atoms with E-state index in [2.05, 4.69) is 21.0 Å². The molecule has 4 rings (SSSR count). The number of alkyl halides is 3. The van der Waals surface area contributed by atoms with Gasteiger partial charge in [-0.15, -0.1) is 25.5 Å². The first-order valence-corrected chi connectivity index (χ1v) is 12.7.